The number of thiophene rings is 1. The van der Waals surface area contributed by atoms with E-state index < -0.39 is 29.2 Å². The van der Waals surface area contributed by atoms with E-state index in [9.17, 15) is 23.9 Å². The second kappa shape index (κ2) is 11.0. The lowest BCUT2D eigenvalue weighted by Crippen LogP contribution is -2.44. The van der Waals surface area contributed by atoms with Crippen molar-refractivity contribution in [3.63, 3.8) is 0 Å². The fourth-order valence-corrected chi connectivity index (χ4v) is 7.10. The molecule has 3 aromatic heterocycles. The molecule has 4 heterocycles. The third-order valence-electron chi connectivity index (χ3n) is 8.09. The van der Waals surface area contributed by atoms with Crippen LogP contribution < -0.4 is 16.6 Å². The van der Waals surface area contributed by atoms with Crippen LogP contribution in [0.4, 0.5) is 4.39 Å². The molecule has 0 spiro atoms. The van der Waals surface area contributed by atoms with E-state index in [1.54, 1.807) is 13.0 Å². The first-order valence-corrected chi connectivity index (χ1v) is 14.6. The van der Waals surface area contributed by atoms with Crippen LogP contribution in [0.5, 0.6) is 0 Å². The number of aliphatic hydroxyl groups excluding tert-OH is 1. The van der Waals surface area contributed by atoms with Crippen LogP contribution in [0.15, 0.2) is 40.2 Å². The Labute approximate surface area is 238 Å². The number of hydrogen-bond acceptors (Lipinski definition) is 8. The summed E-state index contributed by atoms with van der Waals surface area (Å²) in [7, 11) is 0. The Balaban J connectivity index is 1.54. The van der Waals surface area contributed by atoms with Crippen LogP contribution in [-0.4, -0.2) is 53.9 Å². The van der Waals surface area contributed by atoms with E-state index in [1.807, 2.05) is 6.92 Å². The summed E-state index contributed by atoms with van der Waals surface area (Å²) in [6, 6.07) is 3.53. The number of nitrogens with zero attached hydrogens (tertiary/aromatic N) is 5. The minimum atomic E-state index is -0.939. The van der Waals surface area contributed by atoms with E-state index in [4.69, 9.17) is 4.74 Å². The molecule has 1 amide bonds. The zero-order chi connectivity index (χ0) is 28.8. The number of fused-ring (bicyclic) bond motifs is 1. The van der Waals surface area contributed by atoms with Gasteiger partial charge in [-0.2, -0.15) is 10.2 Å². The monoisotopic (exact) mass is 582 g/mol. The SMILES string of the molecule is Cc1ccc(F)cc1[C@H](Cn1c(=O)n([C@@H]2CCNC2=O)c(=O)c2c(C)c(-n3nccn3)sc21)O[C@H]1CC[C@@H](O)CC1. The summed E-state index contributed by atoms with van der Waals surface area (Å²) in [6.07, 6.45) is 4.49. The maximum atomic E-state index is 14.5. The van der Waals surface area contributed by atoms with Crippen molar-refractivity contribution in [3.8, 4) is 5.00 Å². The standard InChI is InChI=1S/C28H31FN6O5S/c1-15-3-4-17(29)13-20(15)22(40-19-7-5-18(36)6-8-19)14-33-27-23(16(2)26(41-27)35-31-11-12-32-35)25(38)34(28(33)39)21-9-10-30-24(21)37/h3-4,11-13,18-19,21-22,36H,5-10,14H2,1-2H3,(H,30,37)/t18-,19+,21-,22+/m1/s1. The number of aliphatic hydroxyl groups is 1. The van der Waals surface area contributed by atoms with E-state index in [1.165, 1.54) is 45.2 Å². The Hall–Kier alpha value is -3.68. The Morgan fingerprint density at radius 2 is 1.85 bits per heavy atom. The third-order valence-corrected chi connectivity index (χ3v) is 9.37. The summed E-state index contributed by atoms with van der Waals surface area (Å²) < 4.78 is 23.6. The molecule has 2 aliphatic rings. The summed E-state index contributed by atoms with van der Waals surface area (Å²) >= 11 is 1.20. The number of aromatic nitrogens is 5. The first-order chi connectivity index (χ1) is 19.7. The quantitative estimate of drug-likeness (QED) is 0.342. The lowest BCUT2D eigenvalue weighted by molar-refractivity contribution is -0.122. The summed E-state index contributed by atoms with van der Waals surface area (Å²) in [5, 5.41) is 22.0. The van der Waals surface area contributed by atoms with Gasteiger partial charge in [-0.25, -0.2) is 13.8 Å². The summed E-state index contributed by atoms with van der Waals surface area (Å²) in [6.45, 7) is 3.97. The molecule has 11 nitrogen and oxygen atoms in total. The van der Waals surface area contributed by atoms with Crippen molar-refractivity contribution in [1.29, 1.82) is 0 Å². The summed E-state index contributed by atoms with van der Waals surface area (Å²) in [4.78, 5) is 42.5. The average Bonchev–Trinajstić information content (AvgIpc) is 3.70. The zero-order valence-corrected chi connectivity index (χ0v) is 23.6. The molecule has 13 heteroatoms. The van der Waals surface area contributed by atoms with Crippen LogP contribution in [-0.2, 0) is 16.1 Å². The molecule has 2 N–H and O–H groups in total. The average molecular weight is 583 g/mol. The number of hydrogen-bond donors (Lipinski definition) is 2. The smallest absolute Gasteiger partial charge is 0.332 e. The maximum absolute atomic E-state index is 14.5. The van der Waals surface area contributed by atoms with Crippen LogP contribution in [0.3, 0.4) is 0 Å². The normalized spacial score (nSPS) is 21.9. The highest BCUT2D eigenvalue weighted by molar-refractivity contribution is 7.21. The van der Waals surface area contributed by atoms with Crippen molar-refractivity contribution in [2.24, 2.45) is 0 Å². The molecule has 6 rings (SSSR count). The summed E-state index contributed by atoms with van der Waals surface area (Å²) in [5.41, 5.74) is 0.801. The number of carbonyl (C=O) groups excluding carboxylic acids is 1. The van der Waals surface area contributed by atoms with Crippen molar-refractivity contribution in [2.75, 3.05) is 6.54 Å². The molecule has 4 aromatic rings. The molecule has 216 valence electrons. The lowest BCUT2D eigenvalue weighted by atomic mass is 9.94. The van der Waals surface area contributed by atoms with E-state index in [-0.39, 0.29) is 24.7 Å². The molecule has 1 saturated heterocycles. The van der Waals surface area contributed by atoms with Crippen molar-refractivity contribution >= 4 is 27.5 Å². The molecule has 2 atom stereocenters. The number of carbonyl (C=O) groups is 1. The highest BCUT2D eigenvalue weighted by Crippen LogP contribution is 2.34. The van der Waals surface area contributed by atoms with Gasteiger partial charge in [0, 0.05) is 12.1 Å². The highest BCUT2D eigenvalue weighted by atomic mass is 32.1. The predicted octanol–water partition coefficient (Wildman–Crippen LogP) is 2.68. The number of halogens is 1. The van der Waals surface area contributed by atoms with E-state index >= 15 is 0 Å². The van der Waals surface area contributed by atoms with E-state index in [0.29, 0.717) is 65.0 Å². The molecule has 0 radical (unpaired) electrons. The minimum absolute atomic E-state index is 0.0147. The topological polar surface area (TPSA) is 133 Å². The fourth-order valence-electron chi connectivity index (χ4n) is 5.88. The molecule has 41 heavy (non-hydrogen) atoms. The number of ether oxygens (including phenoxy) is 1. The lowest BCUT2D eigenvalue weighted by Gasteiger charge is -2.31. The van der Waals surface area contributed by atoms with E-state index in [2.05, 4.69) is 15.5 Å². The Bertz CT molecular complexity index is 1720. The first-order valence-electron chi connectivity index (χ1n) is 13.7. The van der Waals surface area contributed by atoms with Gasteiger partial charge in [0.05, 0.1) is 36.5 Å². The van der Waals surface area contributed by atoms with Crippen LogP contribution in [0.2, 0.25) is 0 Å². The zero-order valence-electron chi connectivity index (χ0n) is 22.7. The number of aryl methyl sites for hydroxylation is 2. The van der Waals surface area contributed by atoms with Crippen molar-refractivity contribution < 1.29 is 19.0 Å². The number of amides is 1. The highest BCUT2D eigenvalue weighted by Gasteiger charge is 2.33. The first kappa shape index (κ1) is 27.5. The molecular formula is C28H31FN6O5S. The molecule has 1 aromatic carbocycles. The van der Waals surface area contributed by atoms with Gasteiger partial charge in [0.2, 0.25) is 5.91 Å². The number of nitrogens with one attached hydrogen (secondary N) is 1. The maximum Gasteiger partial charge on any atom is 0.332 e. The molecule has 1 aliphatic heterocycles. The predicted molar refractivity (Wildman–Crippen MR) is 150 cm³/mol. The third kappa shape index (κ3) is 5.02. The van der Waals surface area contributed by atoms with Crippen LogP contribution in [0, 0.1) is 19.7 Å². The number of rotatable bonds is 7. The van der Waals surface area contributed by atoms with Crippen LogP contribution in [0.25, 0.3) is 15.2 Å². The summed E-state index contributed by atoms with van der Waals surface area (Å²) in [5.74, 6) is -0.811. The van der Waals surface area contributed by atoms with Crippen molar-refractivity contribution in [1.82, 2.24) is 29.4 Å². The van der Waals surface area contributed by atoms with Gasteiger partial charge in [-0.05, 0) is 69.2 Å². The fraction of sp³-hybridized carbons (Fsp3) is 0.464. The molecule has 1 aliphatic carbocycles. The van der Waals surface area contributed by atoms with Gasteiger partial charge in [0.1, 0.15) is 27.8 Å². The van der Waals surface area contributed by atoms with Gasteiger partial charge in [-0.3, -0.25) is 14.2 Å². The Morgan fingerprint density at radius 1 is 1.12 bits per heavy atom. The number of benzene rings is 1. The molecule has 1 saturated carbocycles. The van der Waals surface area contributed by atoms with Gasteiger partial charge in [0.25, 0.3) is 5.56 Å². The molecule has 2 fully saturated rings. The Morgan fingerprint density at radius 3 is 2.54 bits per heavy atom. The second-order valence-corrected chi connectivity index (χ2v) is 11.7. The van der Waals surface area contributed by atoms with Gasteiger partial charge < -0.3 is 15.2 Å². The molecule has 0 unspecified atom stereocenters. The van der Waals surface area contributed by atoms with Gasteiger partial charge in [-0.15, -0.1) is 4.80 Å². The van der Waals surface area contributed by atoms with Crippen molar-refractivity contribution in [2.45, 2.75) is 76.9 Å². The minimum Gasteiger partial charge on any atom is -0.393 e. The second-order valence-electron chi connectivity index (χ2n) is 10.8. The molecule has 0 bridgehead atoms. The Kier molecular flexibility index (Phi) is 7.34. The van der Waals surface area contributed by atoms with Crippen molar-refractivity contribution in [3.05, 3.63) is 73.9 Å². The van der Waals surface area contributed by atoms with E-state index in [0.717, 1.165) is 10.1 Å². The van der Waals surface area contributed by atoms with Crippen LogP contribution in [0.1, 0.15) is 60.9 Å². The largest absolute Gasteiger partial charge is 0.393 e. The van der Waals surface area contributed by atoms with Crippen LogP contribution >= 0.6 is 11.3 Å². The van der Waals surface area contributed by atoms with Gasteiger partial charge in [0.15, 0.2) is 0 Å². The van der Waals surface area contributed by atoms with Gasteiger partial charge >= 0.3 is 5.69 Å². The van der Waals surface area contributed by atoms with Gasteiger partial charge in [-0.1, -0.05) is 17.4 Å². The molecular weight excluding hydrogens is 551 g/mol.